The average molecular weight is 257 g/mol. The fourth-order valence-corrected chi connectivity index (χ4v) is 2.54. The van der Waals surface area contributed by atoms with Gasteiger partial charge in [-0.1, -0.05) is 0 Å². The zero-order valence-corrected chi connectivity index (χ0v) is 11.1. The molecule has 0 saturated heterocycles. The first-order valence-electron chi connectivity index (χ1n) is 6.48. The number of hydrogen-bond donors (Lipinski definition) is 1. The van der Waals surface area contributed by atoms with Crippen LogP contribution in [0.25, 0.3) is 11.4 Å². The third kappa shape index (κ3) is 2.36. The summed E-state index contributed by atoms with van der Waals surface area (Å²) >= 11 is 0. The van der Waals surface area contributed by atoms with Crippen LogP contribution in [0.4, 0.5) is 4.39 Å². The lowest BCUT2D eigenvalue weighted by Gasteiger charge is -2.18. The van der Waals surface area contributed by atoms with Gasteiger partial charge in [0.25, 0.3) is 0 Å². The number of benzene rings is 1. The molecule has 0 amide bonds. The standard InChI is InChI=1S/C15H16FN3/c1-9-5-11(7-12(16)6-9)15-18-10(2)13-3-4-17-8-14(13)19-15/h5-7,17H,3-4,8H2,1-2H3. The lowest BCUT2D eigenvalue weighted by Crippen LogP contribution is -2.26. The third-order valence-corrected chi connectivity index (χ3v) is 3.44. The fraction of sp³-hybridized carbons (Fsp3) is 0.333. The van der Waals surface area contributed by atoms with Gasteiger partial charge in [0.05, 0.1) is 5.69 Å². The molecule has 1 N–H and O–H groups in total. The molecule has 0 saturated carbocycles. The molecular formula is C15H16FN3. The predicted octanol–water partition coefficient (Wildman–Crippen LogP) is 2.55. The molecule has 2 heterocycles. The normalized spacial score (nSPS) is 14.3. The van der Waals surface area contributed by atoms with Crippen molar-refractivity contribution >= 4 is 0 Å². The lowest BCUT2D eigenvalue weighted by molar-refractivity contribution is 0.618. The minimum absolute atomic E-state index is 0.243. The quantitative estimate of drug-likeness (QED) is 0.853. The minimum Gasteiger partial charge on any atom is -0.311 e. The molecule has 98 valence electrons. The van der Waals surface area contributed by atoms with Crippen LogP contribution < -0.4 is 5.32 Å². The zero-order chi connectivity index (χ0) is 13.4. The summed E-state index contributed by atoms with van der Waals surface area (Å²) < 4.78 is 13.5. The molecule has 1 aliphatic rings. The Bertz CT molecular complexity index is 617. The van der Waals surface area contributed by atoms with Crippen LogP contribution in [0.2, 0.25) is 0 Å². The van der Waals surface area contributed by atoms with Crippen molar-refractivity contribution in [3.8, 4) is 11.4 Å². The number of halogens is 1. The highest BCUT2D eigenvalue weighted by atomic mass is 19.1. The SMILES string of the molecule is Cc1cc(F)cc(-c2nc(C)c3c(n2)CNCC3)c1. The Morgan fingerprint density at radius 3 is 2.79 bits per heavy atom. The van der Waals surface area contributed by atoms with Crippen LogP contribution >= 0.6 is 0 Å². The number of fused-ring (bicyclic) bond motifs is 1. The van der Waals surface area contributed by atoms with Crippen LogP contribution in [-0.2, 0) is 13.0 Å². The van der Waals surface area contributed by atoms with E-state index in [0.717, 1.165) is 42.0 Å². The fourth-order valence-electron chi connectivity index (χ4n) is 2.54. The zero-order valence-electron chi connectivity index (χ0n) is 11.1. The van der Waals surface area contributed by atoms with Gasteiger partial charge in [0, 0.05) is 17.8 Å². The Labute approximate surface area is 111 Å². The van der Waals surface area contributed by atoms with E-state index in [2.05, 4.69) is 15.3 Å². The van der Waals surface area contributed by atoms with Gasteiger partial charge in [-0.25, -0.2) is 14.4 Å². The molecule has 0 fully saturated rings. The highest BCUT2D eigenvalue weighted by molar-refractivity contribution is 5.57. The minimum atomic E-state index is -0.243. The lowest BCUT2D eigenvalue weighted by atomic mass is 10.0. The van der Waals surface area contributed by atoms with E-state index in [9.17, 15) is 4.39 Å². The van der Waals surface area contributed by atoms with Crippen LogP contribution in [0.3, 0.4) is 0 Å². The predicted molar refractivity (Wildman–Crippen MR) is 72.3 cm³/mol. The topological polar surface area (TPSA) is 37.8 Å². The number of aryl methyl sites for hydroxylation is 2. The molecule has 3 nitrogen and oxygen atoms in total. The van der Waals surface area contributed by atoms with Crippen LogP contribution in [0.5, 0.6) is 0 Å². The van der Waals surface area contributed by atoms with Crippen molar-refractivity contribution in [2.45, 2.75) is 26.8 Å². The Morgan fingerprint density at radius 2 is 2.00 bits per heavy atom. The van der Waals surface area contributed by atoms with E-state index < -0.39 is 0 Å². The summed E-state index contributed by atoms with van der Waals surface area (Å²) in [6.45, 7) is 5.61. The summed E-state index contributed by atoms with van der Waals surface area (Å²) in [7, 11) is 0. The second-order valence-electron chi connectivity index (χ2n) is 5.00. The highest BCUT2D eigenvalue weighted by Gasteiger charge is 2.16. The molecule has 0 bridgehead atoms. The van der Waals surface area contributed by atoms with E-state index >= 15 is 0 Å². The summed E-state index contributed by atoms with van der Waals surface area (Å²) in [6, 6.07) is 4.92. The number of nitrogens with zero attached hydrogens (tertiary/aromatic N) is 2. The monoisotopic (exact) mass is 257 g/mol. The van der Waals surface area contributed by atoms with Crippen molar-refractivity contribution in [3.63, 3.8) is 0 Å². The van der Waals surface area contributed by atoms with Crippen molar-refractivity contribution in [2.75, 3.05) is 6.54 Å². The van der Waals surface area contributed by atoms with Crippen LogP contribution in [0.15, 0.2) is 18.2 Å². The average Bonchev–Trinajstić information content (AvgIpc) is 2.37. The van der Waals surface area contributed by atoms with Gasteiger partial charge >= 0.3 is 0 Å². The van der Waals surface area contributed by atoms with Gasteiger partial charge in [-0.2, -0.15) is 0 Å². The molecule has 1 aromatic carbocycles. The molecular weight excluding hydrogens is 241 g/mol. The summed E-state index contributed by atoms with van der Waals surface area (Å²) in [5, 5.41) is 3.31. The van der Waals surface area contributed by atoms with Gasteiger partial charge in [0.15, 0.2) is 5.82 Å². The van der Waals surface area contributed by atoms with Gasteiger partial charge in [0.2, 0.25) is 0 Å². The van der Waals surface area contributed by atoms with Crippen molar-refractivity contribution < 1.29 is 4.39 Å². The van der Waals surface area contributed by atoms with E-state index in [4.69, 9.17) is 0 Å². The molecule has 0 unspecified atom stereocenters. The van der Waals surface area contributed by atoms with Crippen molar-refractivity contribution in [1.29, 1.82) is 0 Å². The second kappa shape index (κ2) is 4.70. The van der Waals surface area contributed by atoms with Gasteiger partial charge in [-0.3, -0.25) is 0 Å². The Kier molecular flexibility index (Phi) is 3.03. The van der Waals surface area contributed by atoms with Gasteiger partial charge < -0.3 is 5.32 Å². The van der Waals surface area contributed by atoms with E-state index in [1.807, 2.05) is 19.9 Å². The van der Waals surface area contributed by atoms with E-state index in [1.54, 1.807) is 0 Å². The molecule has 2 aromatic rings. The highest BCUT2D eigenvalue weighted by Crippen LogP contribution is 2.22. The largest absolute Gasteiger partial charge is 0.311 e. The van der Waals surface area contributed by atoms with Gasteiger partial charge in [0.1, 0.15) is 5.82 Å². The van der Waals surface area contributed by atoms with Crippen molar-refractivity contribution in [3.05, 3.63) is 46.5 Å². The Hall–Kier alpha value is -1.81. The number of aromatic nitrogens is 2. The molecule has 0 radical (unpaired) electrons. The first-order valence-corrected chi connectivity index (χ1v) is 6.48. The summed E-state index contributed by atoms with van der Waals surface area (Å²) in [5.41, 5.74) is 4.90. The first-order chi connectivity index (χ1) is 9.13. The van der Waals surface area contributed by atoms with Crippen molar-refractivity contribution in [1.82, 2.24) is 15.3 Å². The number of hydrogen-bond acceptors (Lipinski definition) is 3. The van der Waals surface area contributed by atoms with Crippen molar-refractivity contribution in [2.24, 2.45) is 0 Å². The molecule has 19 heavy (non-hydrogen) atoms. The smallest absolute Gasteiger partial charge is 0.159 e. The summed E-state index contributed by atoms with van der Waals surface area (Å²) in [4.78, 5) is 9.12. The van der Waals surface area contributed by atoms with Gasteiger partial charge in [-0.15, -0.1) is 0 Å². The molecule has 0 spiro atoms. The molecule has 1 aromatic heterocycles. The van der Waals surface area contributed by atoms with Crippen LogP contribution in [-0.4, -0.2) is 16.5 Å². The molecule has 0 atom stereocenters. The third-order valence-electron chi connectivity index (χ3n) is 3.44. The Balaban J connectivity index is 2.12. The van der Waals surface area contributed by atoms with Crippen LogP contribution in [0, 0.1) is 19.7 Å². The Morgan fingerprint density at radius 1 is 1.16 bits per heavy atom. The first kappa shape index (κ1) is 12.2. The molecule has 4 heteroatoms. The van der Waals surface area contributed by atoms with E-state index in [0.29, 0.717) is 5.82 Å². The summed E-state index contributed by atoms with van der Waals surface area (Å²) in [6.07, 6.45) is 0.962. The maximum atomic E-state index is 13.5. The summed E-state index contributed by atoms with van der Waals surface area (Å²) in [5.74, 6) is 0.370. The van der Waals surface area contributed by atoms with Gasteiger partial charge in [-0.05, 0) is 56.1 Å². The van der Waals surface area contributed by atoms with E-state index in [1.165, 1.54) is 17.7 Å². The molecule has 0 aliphatic carbocycles. The van der Waals surface area contributed by atoms with Crippen LogP contribution in [0.1, 0.15) is 22.5 Å². The number of rotatable bonds is 1. The maximum Gasteiger partial charge on any atom is 0.159 e. The van der Waals surface area contributed by atoms with E-state index in [-0.39, 0.29) is 5.82 Å². The number of nitrogens with one attached hydrogen (secondary N) is 1. The maximum absolute atomic E-state index is 13.5. The second-order valence-corrected chi connectivity index (χ2v) is 5.00. The molecule has 1 aliphatic heterocycles. The molecule has 3 rings (SSSR count).